The van der Waals surface area contributed by atoms with Gasteiger partial charge < -0.3 is 9.52 Å². The quantitative estimate of drug-likeness (QED) is 0.322. The number of para-hydroxylation sites is 1. The predicted octanol–water partition coefficient (Wildman–Crippen LogP) is 5.89. The third-order valence-corrected chi connectivity index (χ3v) is 4.95. The van der Waals surface area contributed by atoms with Crippen LogP contribution in [0.2, 0.25) is 0 Å². The summed E-state index contributed by atoms with van der Waals surface area (Å²) in [5, 5.41) is 21.5. The van der Waals surface area contributed by atoms with Crippen LogP contribution in [0.25, 0.3) is 34.4 Å². The Morgan fingerprint density at radius 1 is 1.10 bits per heavy atom. The number of hydrogen-bond donors (Lipinski definition) is 1. The topological polar surface area (TPSA) is 106 Å². The van der Waals surface area contributed by atoms with Crippen LogP contribution < -0.4 is 0 Å². The standard InChI is InChI=1S/C24H18N2O5/c1-14-6-10-19(21(12-14)26(29)30)22-11-9-17(31-22)8-7-16-13-20(24(27)28)18-5-3-4-15(2)23(18)25-16/h3-13H,1-2H3,(H,27,28). The highest BCUT2D eigenvalue weighted by atomic mass is 16.6. The van der Waals surface area contributed by atoms with Crippen molar-refractivity contribution < 1.29 is 19.2 Å². The fraction of sp³-hybridized carbons (Fsp3) is 0.0833. The molecule has 0 saturated carbocycles. The van der Waals surface area contributed by atoms with Gasteiger partial charge in [0.25, 0.3) is 5.69 Å². The first-order valence-electron chi connectivity index (χ1n) is 9.50. The van der Waals surface area contributed by atoms with Gasteiger partial charge >= 0.3 is 5.97 Å². The summed E-state index contributed by atoms with van der Waals surface area (Å²) < 4.78 is 5.78. The molecule has 0 aliphatic heterocycles. The van der Waals surface area contributed by atoms with Crippen molar-refractivity contribution in [2.75, 3.05) is 0 Å². The van der Waals surface area contributed by atoms with Crippen LogP contribution in [0.3, 0.4) is 0 Å². The van der Waals surface area contributed by atoms with Crippen molar-refractivity contribution in [3.8, 4) is 11.3 Å². The second-order valence-corrected chi connectivity index (χ2v) is 7.18. The molecule has 154 valence electrons. The number of pyridine rings is 1. The number of carboxylic acids is 1. The highest BCUT2D eigenvalue weighted by Crippen LogP contribution is 2.32. The maximum atomic E-state index is 11.7. The van der Waals surface area contributed by atoms with Crippen LogP contribution >= 0.6 is 0 Å². The third-order valence-electron chi connectivity index (χ3n) is 4.95. The third kappa shape index (κ3) is 3.93. The van der Waals surface area contributed by atoms with Crippen molar-refractivity contribution in [2.45, 2.75) is 13.8 Å². The molecular formula is C24H18N2O5. The van der Waals surface area contributed by atoms with Gasteiger partial charge in [-0.3, -0.25) is 10.1 Å². The van der Waals surface area contributed by atoms with Gasteiger partial charge in [-0.1, -0.05) is 24.3 Å². The van der Waals surface area contributed by atoms with E-state index in [-0.39, 0.29) is 11.3 Å². The first-order valence-corrected chi connectivity index (χ1v) is 9.50. The average molecular weight is 414 g/mol. The molecule has 1 N–H and O–H groups in total. The van der Waals surface area contributed by atoms with Crippen LogP contribution in [0.15, 0.2) is 59.0 Å². The maximum Gasteiger partial charge on any atom is 0.336 e. The number of carbonyl (C=O) groups is 1. The zero-order valence-electron chi connectivity index (χ0n) is 16.8. The number of aryl methyl sites for hydroxylation is 2. The molecule has 0 aliphatic rings. The fourth-order valence-electron chi connectivity index (χ4n) is 3.43. The lowest BCUT2D eigenvalue weighted by atomic mass is 10.0. The molecule has 7 nitrogen and oxygen atoms in total. The number of fused-ring (bicyclic) bond motifs is 1. The number of nitro benzene ring substituents is 1. The Bertz CT molecular complexity index is 1370. The number of furan rings is 1. The molecule has 0 amide bonds. The van der Waals surface area contributed by atoms with E-state index in [4.69, 9.17) is 4.42 Å². The molecule has 2 heterocycles. The Hall–Kier alpha value is -4.26. The maximum absolute atomic E-state index is 11.7. The van der Waals surface area contributed by atoms with Gasteiger partial charge in [-0.2, -0.15) is 0 Å². The molecule has 4 aromatic rings. The molecule has 7 heteroatoms. The molecule has 0 aliphatic carbocycles. The highest BCUT2D eigenvalue weighted by Gasteiger charge is 2.18. The Balaban J connectivity index is 1.71. The van der Waals surface area contributed by atoms with Crippen LogP contribution in [0.1, 0.15) is 32.9 Å². The van der Waals surface area contributed by atoms with Crippen molar-refractivity contribution in [2.24, 2.45) is 0 Å². The number of nitrogens with zero attached hydrogens (tertiary/aromatic N) is 2. The summed E-state index contributed by atoms with van der Waals surface area (Å²) >= 11 is 0. The second kappa shape index (κ2) is 7.87. The zero-order valence-corrected chi connectivity index (χ0v) is 16.8. The van der Waals surface area contributed by atoms with Gasteiger partial charge in [-0.25, -0.2) is 9.78 Å². The monoisotopic (exact) mass is 414 g/mol. The lowest BCUT2D eigenvalue weighted by Crippen LogP contribution is -2.01. The minimum atomic E-state index is -1.03. The summed E-state index contributed by atoms with van der Waals surface area (Å²) in [5.74, 6) is -0.187. The molecule has 0 atom stereocenters. The van der Waals surface area contributed by atoms with Crippen LogP contribution in [-0.2, 0) is 0 Å². The molecule has 0 spiro atoms. The predicted molar refractivity (Wildman–Crippen MR) is 118 cm³/mol. The highest BCUT2D eigenvalue weighted by molar-refractivity contribution is 6.03. The summed E-state index contributed by atoms with van der Waals surface area (Å²) in [6.07, 6.45) is 3.31. The molecule has 0 fully saturated rings. The van der Waals surface area contributed by atoms with Gasteiger partial charge in [0.15, 0.2) is 0 Å². The first-order chi connectivity index (χ1) is 14.8. The van der Waals surface area contributed by atoms with Crippen molar-refractivity contribution >= 4 is 34.7 Å². The average Bonchev–Trinajstić information content (AvgIpc) is 3.21. The summed E-state index contributed by atoms with van der Waals surface area (Å²) in [6.45, 7) is 3.67. The summed E-state index contributed by atoms with van der Waals surface area (Å²) in [7, 11) is 0. The van der Waals surface area contributed by atoms with Gasteiger partial charge in [0.2, 0.25) is 0 Å². The Morgan fingerprint density at radius 3 is 2.65 bits per heavy atom. The van der Waals surface area contributed by atoms with Crippen molar-refractivity contribution in [3.63, 3.8) is 0 Å². The second-order valence-electron chi connectivity index (χ2n) is 7.18. The number of aromatic nitrogens is 1. The normalized spacial score (nSPS) is 11.3. The van der Waals surface area contributed by atoms with Gasteiger partial charge in [0.1, 0.15) is 11.5 Å². The van der Waals surface area contributed by atoms with Crippen LogP contribution in [0.4, 0.5) is 5.69 Å². The Morgan fingerprint density at radius 2 is 1.90 bits per heavy atom. The van der Waals surface area contributed by atoms with E-state index in [1.54, 1.807) is 55.5 Å². The number of hydrogen-bond acceptors (Lipinski definition) is 5. The van der Waals surface area contributed by atoms with Crippen molar-refractivity contribution in [1.82, 2.24) is 4.98 Å². The molecular weight excluding hydrogens is 396 g/mol. The van der Waals surface area contributed by atoms with Crippen molar-refractivity contribution in [3.05, 3.63) is 92.9 Å². The van der Waals surface area contributed by atoms with Crippen LogP contribution in [0.5, 0.6) is 0 Å². The van der Waals surface area contributed by atoms with Crippen LogP contribution in [-0.4, -0.2) is 21.0 Å². The molecule has 0 unspecified atom stereocenters. The smallest absolute Gasteiger partial charge is 0.336 e. The number of aromatic carboxylic acids is 1. The first kappa shape index (κ1) is 20.0. The molecule has 2 aromatic heterocycles. The van der Waals surface area contributed by atoms with E-state index >= 15 is 0 Å². The molecule has 0 bridgehead atoms. The Labute approximate surface area is 177 Å². The minimum Gasteiger partial charge on any atom is -0.478 e. The Kier molecular flexibility index (Phi) is 5.09. The van der Waals surface area contributed by atoms with Crippen LogP contribution in [0, 0.1) is 24.0 Å². The van der Waals surface area contributed by atoms with Gasteiger partial charge in [-0.15, -0.1) is 0 Å². The number of rotatable bonds is 5. The van der Waals surface area contributed by atoms with Gasteiger partial charge in [0, 0.05) is 11.5 Å². The minimum absolute atomic E-state index is 0.0253. The zero-order chi connectivity index (χ0) is 22.1. The summed E-state index contributed by atoms with van der Waals surface area (Å²) in [5.41, 5.74) is 3.29. The molecule has 2 aromatic carbocycles. The molecule has 0 saturated heterocycles. The van der Waals surface area contributed by atoms with Gasteiger partial charge in [0.05, 0.1) is 27.3 Å². The molecule has 4 rings (SSSR count). The van der Waals surface area contributed by atoms with E-state index in [0.717, 1.165) is 11.1 Å². The lowest BCUT2D eigenvalue weighted by molar-refractivity contribution is -0.384. The molecule has 31 heavy (non-hydrogen) atoms. The van der Waals surface area contributed by atoms with Gasteiger partial charge in [-0.05, 0) is 61.4 Å². The SMILES string of the molecule is Cc1ccc(-c2ccc(C=Cc3cc(C(=O)O)c4cccc(C)c4n3)o2)c([N+](=O)[O-])c1. The largest absolute Gasteiger partial charge is 0.478 e. The van der Waals surface area contributed by atoms with E-state index in [1.807, 2.05) is 13.0 Å². The fourth-order valence-corrected chi connectivity index (χ4v) is 3.43. The van der Waals surface area contributed by atoms with E-state index in [9.17, 15) is 20.0 Å². The number of benzene rings is 2. The molecule has 0 radical (unpaired) electrons. The number of nitro groups is 1. The summed E-state index contributed by atoms with van der Waals surface area (Å²) in [6, 6.07) is 15.2. The van der Waals surface area contributed by atoms with E-state index in [0.29, 0.717) is 33.7 Å². The summed E-state index contributed by atoms with van der Waals surface area (Å²) in [4.78, 5) is 27.2. The number of carboxylic acid groups (broad SMARTS) is 1. The van der Waals surface area contributed by atoms with E-state index < -0.39 is 10.9 Å². The lowest BCUT2D eigenvalue weighted by Gasteiger charge is -2.06. The van der Waals surface area contributed by atoms with Crippen molar-refractivity contribution in [1.29, 1.82) is 0 Å². The van der Waals surface area contributed by atoms with E-state index in [1.165, 1.54) is 12.1 Å². The van der Waals surface area contributed by atoms with E-state index in [2.05, 4.69) is 4.98 Å².